The van der Waals surface area contributed by atoms with Gasteiger partial charge in [-0.3, -0.25) is 15.2 Å². The van der Waals surface area contributed by atoms with Gasteiger partial charge in [0, 0.05) is 11.6 Å². The maximum absolute atomic E-state index is 12.1. The summed E-state index contributed by atoms with van der Waals surface area (Å²) in [5.41, 5.74) is -0.154. The second-order valence-corrected chi connectivity index (χ2v) is 6.24. The molecule has 1 aromatic carbocycles. The molecule has 9 nitrogen and oxygen atoms in total. The fraction of sp³-hybridized carbons (Fsp3) is 0.200. The van der Waals surface area contributed by atoms with E-state index in [0.29, 0.717) is 5.82 Å². The van der Waals surface area contributed by atoms with Gasteiger partial charge in [0.2, 0.25) is 10.0 Å². The highest BCUT2D eigenvalue weighted by Gasteiger charge is 2.22. The van der Waals surface area contributed by atoms with Crippen LogP contribution in [0.25, 0.3) is 0 Å². The SMILES string of the molecule is Cc1c(Cl)cc(S(=O)(=O)NCc2ncn[nH]2)cc1[N+](=O)[O-]. The number of benzene rings is 1. The first kappa shape index (κ1) is 15.4. The lowest BCUT2D eigenvalue weighted by Gasteiger charge is -2.07. The number of rotatable bonds is 5. The normalized spacial score (nSPS) is 11.5. The summed E-state index contributed by atoms with van der Waals surface area (Å²) in [6.45, 7) is 1.32. The van der Waals surface area contributed by atoms with E-state index in [1.54, 1.807) is 0 Å². The number of hydrogen-bond donors (Lipinski definition) is 2. The Kier molecular flexibility index (Phi) is 4.21. The van der Waals surface area contributed by atoms with E-state index >= 15 is 0 Å². The first-order valence-electron chi connectivity index (χ1n) is 5.59. The van der Waals surface area contributed by atoms with Crippen LogP contribution in [0.3, 0.4) is 0 Å². The number of hydrogen-bond acceptors (Lipinski definition) is 6. The van der Waals surface area contributed by atoms with E-state index in [1.807, 2.05) is 0 Å². The van der Waals surface area contributed by atoms with Crippen LogP contribution in [0.1, 0.15) is 11.4 Å². The smallest absolute Gasteiger partial charge is 0.262 e. The Bertz CT molecular complexity index is 775. The molecule has 0 spiro atoms. The molecule has 2 rings (SSSR count). The molecule has 0 bridgehead atoms. The first-order valence-corrected chi connectivity index (χ1v) is 7.46. The predicted octanol–water partition coefficient (Wildman–Crippen LogP) is 1.15. The zero-order valence-corrected chi connectivity index (χ0v) is 12.3. The minimum Gasteiger partial charge on any atom is -0.262 e. The average molecular weight is 332 g/mol. The number of nitro groups is 1. The van der Waals surface area contributed by atoms with Crippen LogP contribution in [0.4, 0.5) is 5.69 Å². The van der Waals surface area contributed by atoms with Gasteiger partial charge in [0.15, 0.2) is 0 Å². The highest BCUT2D eigenvalue weighted by Crippen LogP contribution is 2.29. The quantitative estimate of drug-likeness (QED) is 0.624. The zero-order chi connectivity index (χ0) is 15.6. The molecule has 0 atom stereocenters. The number of nitrogens with zero attached hydrogens (tertiary/aromatic N) is 3. The summed E-state index contributed by atoms with van der Waals surface area (Å²) in [5.74, 6) is 0.311. The molecular formula is C10H10ClN5O4S. The van der Waals surface area contributed by atoms with Crippen molar-refractivity contribution in [3.05, 3.63) is 45.0 Å². The minimum absolute atomic E-state index is 0.00393. The van der Waals surface area contributed by atoms with E-state index in [9.17, 15) is 18.5 Å². The van der Waals surface area contributed by atoms with Crippen molar-refractivity contribution < 1.29 is 13.3 Å². The van der Waals surface area contributed by atoms with Gasteiger partial charge in [-0.25, -0.2) is 18.1 Å². The Balaban J connectivity index is 2.33. The monoisotopic (exact) mass is 331 g/mol. The van der Waals surface area contributed by atoms with Crippen LogP contribution in [-0.4, -0.2) is 28.5 Å². The Hall–Kier alpha value is -2.04. The summed E-state index contributed by atoms with van der Waals surface area (Å²) in [7, 11) is -3.96. The topological polar surface area (TPSA) is 131 Å². The fourth-order valence-electron chi connectivity index (χ4n) is 1.55. The summed E-state index contributed by atoms with van der Waals surface area (Å²) in [4.78, 5) is 13.7. The summed E-state index contributed by atoms with van der Waals surface area (Å²) in [5, 5.41) is 17.0. The van der Waals surface area contributed by atoms with Crippen molar-refractivity contribution in [3.63, 3.8) is 0 Å². The molecule has 0 saturated heterocycles. The molecule has 11 heteroatoms. The number of sulfonamides is 1. The Morgan fingerprint density at radius 3 is 2.76 bits per heavy atom. The Labute approximate surface area is 124 Å². The number of nitrogens with one attached hydrogen (secondary N) is 2. The van der Waals surface area contributed by atoms with Crippen molar-refractivity contribution >= 4 is 27.3 Å². The number of aromatic nitrogens is 3. The van der Waals surface area contributed by atoms with Gasteiger partial charge in [0.05, 0.1) is 21.4 Å². The second-order valence-electron chi connectivity index (χ2n) is 4.06. The Morgan fingerprint density at radius 2 is 2.19 bits per heavy atom. The van der Waals surface area contributed by atoms with Gasteiger partial charge in [-0.05, 0) is 13.0 Å². The molecule has 1 heterocycles. The summed E-state index contributed by atoms with van der Waals surface area (Å²) in [6.07, 6.45) is 1.23. The lowest BCUT2D eigenvalue weighted by molar-refractivity contribution is -0.385. The summed E-state index contributed by atoms with van der Waals surface area (Å²) < 4.78 is 26.5. The third kappa shape index (κ3) is 3.35. The highest BCUT2D eigenvalue weighted by atomic mass is 35.5. The molecule has 0 fully saturated rings. The van der Waals surface area contributed by atoms with Gasteiger partial charge in [-0.1, -0.05) is 11.6 Å². The van der Waals surface area contributed by atoms with Crippen LogP contribution in [-0.2, 0) is 16.6 Å². The van der Waals surface area contributed by atoms with Gasteiger partial charge in [0.25, 0.3) is 5.69 Å². The summed E-state index contributed by atoms with van der Waals surface area (Å²) >= 11 is 5.84. The maximum Gasteiger partial charge on any atom is 0.275 e. The van der Waals surface area contributed by atoms with Gasteiger partial charge in [-0.15, -0.1) is 0 Å². The Morgan fingerprint density at radius 1 is 1.48 bits per heavy atom. The molecule has 0 aliphatic rings. The van der Waals surface area contributed by atoms with Crippen molar-refractivity contribution in [2.24, 2.45) is 0 Å². The van der Waals surface area contributed by atoms with E-state index in [0.717, 1.165) is 12.1 Å². The number of halogens is 1. The molecular weight excluding hydrogens is 322 g/mol. The molecule has 0 aliphatic carbocycles. The van der Waals surface area contributed by atoms with Crippen LogP contribution in [0.15, 0.2) is 23.4 Å². The molecule has 21 heavy (non-hydrogen) atoms. The average Bonchev–Trinajstić information content (AvgIpc) is 2.92. The molecule has 0 aliphatic heterocycles. The van der Waals surface area contributed by atoms with Crippen LogP contribution in [0, 0.1) is 17.0 Å². The van der Waals surface area contributed by atoms with Crippen molar-refractivity contribution in [1.82, 2.24) is 19.9 Å². The molecule has 112 valence electrons. The number of aromatic amines is 1. The summed E-state index contributed by atoms with van der Waals surface area (Å²) in [6, 6.07) is 2.12. The van der Waals surface area contributed by atoms with E-state index in [2.05, 4.69) is 19.9 Å². The highest BCUT2D eigenvalue weighted by molar-refractivity contribution is 7.89. The van der Waals surface area contributed by atoms with Gasteiger partial charge in [-0.2, -0.15) is 5.10 Å². The standard InChI is InChI=1S/C10H10ClN5O4S/c1-6-8(11)2-7(3-9(6)16(17)18)21(19,20)14-4-10-12-5-13-15-10/h2-3,5,14H,4H2,1H3,(H,12,13,15). The van der Waals surface area contributed by atoms with Crippen LogP contribution in [0.2, 0.25) is 5.02 Å². The number of nitro benzene ring substituents is 1. The third-order valence-electron chi connectivity index (χ3n) is 2.69. The van der Waals surface area contributed by atoms with E-state index in [-0.39, 0.29) is 27.7 Å². The van der Waals surface area contributed by atoms with E-state index in [4.69, 9.17) is 11.6 Å². The lowest BCUT2D eigenvalue weighted by Crippen LogP contribution is -2.24. The van der Waals surface area contributed by atoms with Crippen LogP contribution < -0.4 is 4.72 Å². The number of H-pyrrole nitrogens is 1. The molecule has 2 N–H and O–H groups in total. The van der Waals surface area contributed by atoms with Crippen molar-refractivity contribution in [2.45, 2.75) is 18.4 Å². The third-order valence-corrected chi connectivity index (χ3v) is 4.47. The first-order chi connectivity index (χ1) is 9.81. The van der Waals surface area contributed by atoms with Gasteiger partial charge < -0.3 is 0 Å². The molecule has 0 radical (unpaired) electrons. The predicted molar refractivity (Wildman–Crippen MR) is 73.3 cm³/mol. The molecule has 0 unspecified atom stereocenters. The second kappa shape index (κ2) is 5.76. The maximum atomic E-state index is 12.1. The molecule has 0 saturated carbocycles. The van der Waals surface area contributed by atoms with Crippen molar-refractivity contribution in [3.8, 4) is 0 Å². The fourth-order valence-corrected chi connectivity index (χ4v) is 2.86. The largest absolute Gasteiger partial charge is 0.275 e. The van der Waals surface area contributed by atoms with Crippen LogP contribution >= 0.6 is 11.6 Å². The zero-order valence-electron chi connectivity index (χ0n) is 10.7. The van der Waals surface area contributed by atoms with Crippen LogP contribution in [0.5, 0.6) is 0 Å². The van der Waals surface area contributed by atoms with Crippen molar-refractivity contribution in [1.29, 1.82) is 0 Å². The molecule has 2 aromatic rings. The minimum atomic E-state index is -3.96. The van der Waals surface area contributed by atoms with Gasteiger partial charge in [0.1, 0.15) is 12.2 Å². The molecule has 0 amide bonds. The van der Waals surface area contributed by atoms with E-state index < -0.39 is 14.9 Å². The van der Waals surface area contributed by atoms with E-state index in [1.165, 1.54) is 13.3 Å². The lowest BCUT2D eigenvalue weighted by atomic mass is 10.2. The van der Waals surface area contributed by atoms with Gasteiger partial charge >= 0.3 is 0 Å². The molecule has 1 aromatic heterocycles. The van der Waals surface area contributed by atoms with Crippen molar-refractivity contribution in [2.75, 3.05) is 0 Å².